The van der Waals surface area contributed by atoms with E-state index in [9.17, 15) is 9.90 Å². The smallest absolute Gasteiger partial charge is 0.325 e. The number of nitrogens with one attached hydrogen (secondary N) is 1. The lowest BCUT2D eigenvalue weighted by molar-refractivity contribution is -0.147. The van der Waals surface area contributed by atoms with Crippen molar-refractivity contribution in [2.75, 3.05) is 7.11 Å². The molecule has 4 nitrogen and oxygen atoms in total. The van der Waals surface area contributed by atoms with E-state index < -0.39 is 5.54 Å². The van der Waals surface area contributed by atoms with Crippen LogP contribution in [0.1, 0.15) is 19.4 Å². The zero-order valence-corrected chi connectivity index (χ0v) is 11.7. The van der Waals surface area contributed by atoms with E-state index in [0.29, 0.717) is 11.0 Å². The van der Waals surface area contributed by atoms with Gasteiger partial charge in [0.1, 0.15) is 11.3 Å². The predicted octanol–water partition coefficient (Wildman–Crippen LogP) is 2.20. The Labute approximate surface area is 109 Å². The molecule has 0 saturated heterocycles. The van der Waals surface area contributed by atoms with Crippen LogP contribution in [-0.4, -0.2) is 23.7 Å². The molecule has 1 aromatic rings. The maximum absolute atomic E-state index is 11.4. The lowest BCUT2D eigenvalue weighted by Gasteiger charge is -2.23. The van der Waals surface area contributed by atoms with Gasteiger partial charge in [-0.05, 0) is 47.5 Å². The molecule has 0 bridgehead atoms. The van der Waals surface area contributed by atoms with Crippen molar-refractivity contribution in [2.45, 2.75) is 25.9 Å². The Morgan fingerprint density at radius 2 is 2.18 bits per heavy atom. The van der Waals surface area contributed by atoms with Crippen LogP contribution in [0.5, 0.6) is 5.75 Å². The second kappa shape index (κ2) is 5.51. The van der Waals surface area contributed by atoms with Crippen LogP contribution in [-0.2, 0) is 16.1 Å². The zero-order chi connectivity index (χ0) is 13.1. The number of halogens is 1. The summed E-state index contributed by atoms with van der Waals surface area (Å²) in [6.45, 7) is 4.03. The average Bonchev–Trinajstić information content (AvgIpc) is 2.29. The van der Waals surface area contributed by atoms with Crippen molar-refractivity contribution < 1.29 is 14.6 Å². The normalized spacial score (nSPS) is 11.3. The molecule has 0 spiro atoms. The van der Waals surface area contributed by atoms with Crippen molar-refractivity contribution in [3.05, 3.63) is 28.2 Å². The number of benzene rings is 1. The summed E-state index contributed by atoms with van der Waals surface area (Å²) in [6.07, 6.45) is 0. The number of methoxy groups -OCH3 is 1. The molecule has 5 heteroatoms. The van der Waals surface area contributed by atoms with E-state index >= 15 is 0 Å². The van der Waals surface area contributed by atoms with Gasteiger partial charge in [0.15, 0.2) is 0 Å². The number of esters is 1. The average molecular weight is 302 g/mol. The quantitative estimate of drug-likeness (QED) is 0.837. The molecular formula is C12H16BrNO3. The van der Waals surface area contributed by atoms with Crippen LogP contribution in [0.2, 0.25) is 0 Å². The SMILES string of the molecule is COC(=O)C(C)(C)NCc1ccc(O)c(Br)c1. The highest BCUT2D eigenvalue weighted by Crippen LogP contribution is 2.24. The van der Waals surface area contributed by atoms with Crippen LogP contribution in [0.3, 0.4) is 0 Å². The summed E-state index contributed by atoms with van der Waals surface area (Å²) in [7, 11) is 1.36. The van der Waals surface area contributed by atoms with Crippen LogP contribution in [0.4, 0.5) is 0 Å². The van der Waals surface area contributed by atoms with E-state index in [1.165, 1.54) is 7.11 Å². The number of hydrogen-bond acceptors (Lipinski definition) is 4. The van der Waals surface area contributed by atoms with Crippen LogP contribution in [0, 0.1) is 0 Å². The third-order valence-corrected chi connectivity index (χ3v) is 3.08. The maximum Gasteiger partial charge on any atom is 0.325 e. The summed E-state index contributed by atoms with van der Waals surface area (Å²) >= 11 is 3.24. The molecule has 0 amide bonds. The van der Waals surface area contributed by atoms with Crippen LogP contribution >= 0.6 is 15.9 Å². The van der Waals surface area contributed by atoms with Gasteiger partial charge in [0.25, 0.3) is 0 Å². The molecule has 2 N–H and O–H groups in total. The second-order valence-electron chi connectivity index (χ2n) is 4.26. The molecule has 0 radical (unpaired) electrons. The minimum absolute atomic E-state index is 0.195. The second-order valence-corrected chi connectivity index (χ2v) is 5.11. The lowest BCUT2D eigenvalue weighted by atomic mass is 10.1. The fourth-order valence-corrected chi connectivity index (χ4v) is 1.74. The van der Waals surface area contributed by atoms with Gasteiger partial charge >= 0.3 is 5.97 Å². The monoisotopic (exact) mass is 301 g/mol. The number of phenolic OH excluding ortho intramolecular Hbond substituents is 1. The summed E-state index contributed by atoms with van der Waals surface area (Å²) in [5.74, 6) is -0.115. The molecule has 17 heavy (non-hydrogen) atoms. The van der Waals surface area contributed by atoms with Gasteiger partial charge in [-0.25, -0.2) is 0 Å². The van der Waals surface area contributed by atoms with Crippen molar-refractivity contribution in [1.29, 1.82) is 0 Å². The fraction of sp³-hybridized carbons (Fsp3) is 0.417. The van der Waals surface area contributed by atoms with E-state index in [2.05, 4.69) is 21.2 Å². The molecule has 94 valence electrons. The molecule has 0 unspecified atom stereocenters. The molecule has 1 rings (SSSR count). The van der Waals surface area contributed by atoms with Crippen LogP contribution in [0.25, 0.3) is 0 Å². The van der Waals surface area contributed by atoms with Crippen molar-refractivity contribution in [3.63, 3.8) is 0 Å². The molecule has 0 aromatic heterocycles. The first kappa shape index (κ1) is 14.0. The largest absolute Gasteiger partial charge is 0.507 e. The van der Waals surface area contributed by atoms with Gasteiger partial charge in [-0.3, -0.25) is 10.1 Å². The van der Waals surface area contributed by atoms with Gasteiger partial charge in [-0.1, -0.05) is 6.07 Å². The van der Waals surface area contributed by atoms with Gasteiger partial charge in [-0.15, -0.1) is 0 Å². The van der Waals surface area contributed by atoms with Crippen molar-refractivity contribution in [3.8, 4) is 5.75 Å². The van der Waals surface area contributed by atoms with E-state index in [0.717, 1.165) is 5.56 Å². The lowest BCUT2D eigenvalue weighted by Crippen LogP contribution is -2.46. The Balaban J connectivity index is 2.67. The first-order valence-electron chi connectivity index (χ1n) is 5.17. The molecule has 0 aliphatic heterocycles. The number of rotatable bonds is 4. The number of carbonyl (C=O) groups is 1. The number of ether oxygens (including phenoxy) is 1. The van der Waals surface area contributed by atoms with E-state index in [1.54, 1.807) is 32.0 Å². The third-order valence-electron chi connectivity index (χ3n) is 2.44. The third kappa shape index (κ3) is 3.71. The van der Waals surface area contributed by atoms with Crippen molar-refractivity contribution in [1.82, 2.24) is 5.32 Å². The standard InChI is InChI=1S/C12H16BrNO3/c1-12(2,11(16)17-3)14-7-8-4-5-10(15)9(13)6-8/h4-6,14-15H,7H2,1-3H3. The van der Waals surface area contributed by atoms with Gasteiger partial charge in [0.2, 0.25) is 0 Å². The van der Waals surface area contributed by atoms with Gasteiger partial charge in [0.05, 0.1) is 11.6 Å². The van der Waals surface area contributed by atoms with E-state index in [4.69, 9.17) is 4.74 Å². The summed E-state index contributed by atoms with van der Waals surface area (Å²) in [5, 5.41) is 12.5. The Morgan fingerprint density at radius 3 is 2.71 bits per heavy atom. The molecule has 0 saturated carbocycles. The minimum Gasteiger partial charge on any atom is -0.507 e. The summed E-state index contributed by atoms with van der Waals surface area (Å²) < 4.78 is 5.33. The van der Waals surface area contributed by atoms with Gasteiger partial charge in [-0.2, -0.15) is 0 Å². The Bertz CT molecular complexity index is 418. The molecule has 0 aliphatic rings. The molecule has 0 heterocycles. The number of hydrogen-bond donors (Lipinski definition) is 2. The molecule has 0 aliphatic carbocycles. The Hall–Kier alpha value is -1.07. The highest BCUT2D eigenvalue weighted by molar-refractivity contribution is 9.10. The predicted molar refractivity (Wildman–Crippen MR) is 68.7 cm³/mol. The number of carbonyl (C=O) groups excluding carboxylic acids is 1. The molecule has 0 fully saturated rings. The van der Waals surface area contributed by atoms with Gasteiger partial charge < -0.3 is 9.84 Å². The first-order valence-corrected chi connectivity index (χ1v) is 5.97. The molecular weight excluding hydrogens is 286 g/mol. The Kier molecular flexibility index (Phi) is 4.54. The molecule has 0 atom stereocenters. The summed E-state index contributed by atoms with van der Waals surface area (Å²) in [5.41, 5.74) is 0.228. The van der Waals surface area contributed by atoms with Crippen LogP contribution < -0.4 is 5.32 Å². The topological polar surface area (TPSA) is 58.6 Å². The molecule has 1 aromatic carbocycles. The van der Waals surface area contributed by atoms with E-state index in [1.807, 2.05) is 0 Å². The summed E-state index contributed by atoms with van der Waals surface area (Å²) in [6, 6.07) is 5.20. The fourth-order valence-electron chi connectivity index (χ4n) is 1.31. The zero-order valence-electron chi connectivity index (χ0n) is 10.1. The number of aromatic hydroxyl groups is 1. The number of phenols is 1. The summed E-state index contributed by atoms with van der Waals surface area (Å²) in [4.78, 5) is 11.4. The van der Waals surface area contributed by atoms with Gasteiger partial charge in [0, 0.05) is 6.54 Å². The van der Waals surface area contributed by atoms with Crippen molar-refractivity contribution in [2.24, 2.45) is 0 Å². The minimum atomic E-state index is -0.737. The van der Waals surface area contributed by atoms with Crippen molar-refractivity contribution >= 4 is 21.9 Å². The maximum atomic E-state index is 11.4. The van der Waals surface area contributed by atoms with E-state index in [-0.39, 0.29) is 11.7 Å². The highest BCUT2D eigenvalue weighted by atomic mass is 79.9. The first-order chi connectivity index (χ1) is 7.86. The Morgan fingerprint density at radius 1 is 1.53 bits per heavy atom. The highest BCUT2D eigenvalue weighted by Gasteiger charge is 2.27. The van der Waals surface area contributed by atoms with Crippen LogP contribution in [0.15, 0.2) is 22.7 Å².